The molecule has 2 amide bonds. The zero-order valence-electron chi connectivity index (χ0n) is 12.0. The number of aromatic amines is 1. The Kier molecular flexibility index (Phi) is 3.04. The molecule has 7 nitrogen and oxygen atoms in total. The molecule has 4 rings (SSSR count). The van der Waals surface area contributed by atoms with Gasteiger partial charge in [-0.05, 0) is 12.1 Å². The van der Waals surface area contributed by atoms with Gasteiger partial charge >= 0.3 is 0 Å². The van der Waals surface area contributed by atoms with Crippen molar-refractivity contribution in [2.45, 2.75) is 0 Å². The van der Waals surface area contributed by atoms with Crippen LogP contribution in [0.25, 0.3) is 11.0 Å². The van der Waals surface area contributed by atoms with Gasteiger partial charge in [0.1, 0.15) is 12.4 Å². The molecule has 1 N–H and O–H groups in total. The molecule has 0 saturated carbocycles. The van der Waals surface area contributed by atoms with Gasteiger partial charge in [0.2, 0.25) is 0 Å². The van der Waals surface area contributed by atoms with E-state index in [0.717, 1.165) is 0 Å². The van der Waals surface area contributed by atoms with Gasteiger partial charge in [-0.15, -0.1) is 0 Å². The number of ether oxygens (including phenoxy) is 1. The minimum Gasteiger partial charge on any atom is -0.492 e. The molecule has 3 heterocycles. The minimum absolute atomic E-state index is 0.181. The number of nitrogens with zero attached hydrogens (tertiary/aromatic N) is 3. The Balaban J connectivity index is 1.54. The minimum atomic E-state index is -0.350. The number of pyridine rings is 1. The summed E-state index contributed by atoms with van der Waals surface area (Å²) in [4.78, 5) is 30.2. The van der Waals surface area contributed by atoms with Gasteiger partial charge in [-0.1, -0.05) is 18.2 Å². The number of hydrogen-bond acceptors (Lipinski definition) is 5. The van der Waals surface area contributed by atoms with Crippen LogP contribution in [-0.4, -0.2) is 45.0 Å². The number of aromatic nitrogens is 3. The summed E-state index contributed by atoms with van der Waals surface area (Å²) < 4.78 is 5.56. The lowest BCUT2D eigenvalue weighted by molar-refractivity contribution is 0.0632. The molecular weight excluding hydrogens is 296 g/mol. The topological polar surface area (TPSA) is 88.2 Å². The second-order valence-corrected chi connectivity index (χ2v) is 5.10. The number of hydrogen-bond donors (Lipinski definition) is 1. The van der Waals surface area contributed by atoms with Gasteiger partial charge in [0.15, 0.2) is 5.65 Å². The van der Waals surface area contributed by atoms with Crippen LogP contribution >= 0.6 is 0 Å². The standard InChI is InChI=1S/C16H12N4O3/c21-15-12-8-17-14-11(9-18-19-14)13(12)16(22)20(15)6-7-23-10-4-2-1-3-5-10/h1-5,8-9H,6-7H2,(H,17,18,19). The normalized spacial score (nSPS) is 13.7. The molecule has 0 spiro atoms. The van der Waals surface area contributed by atoms with E-state index in [2.05, 4.69) is 15.2 Å². The zero-order valence-corrected chi connectivity index (χ0v) is 12.0. The fourth-order valence-electron chi connectivity index (χ4n) is 2.64. The highest BCUT2D eigenvalue weighted by Gasteiger charge is 2.37. The molecule has 0 atom stereocenters. The zero-order chi connectivity index (χ0) is 15.8. The smallest absolute Gasteiger partial charge is 0.263 e. The third-order valence-corrected chi connectivity index (χ3v) is 3.74. The number of H-pyrrole nitrogens is 1. The van der Waals surface area contributed by atoms with E-state index in [1.807, 2.05) is 30.3 Å². The number of fused-ring (bicyclic) bond motifs is 3. The van der Waals surface area contributed by atoms with Crippen LogP contribution in [0.2, 0.25) is 0 Å². The van der Waals surface area contributed by atoms with E-state index in [1.165, 1.54) is 17.3 Å². The number of imide groups is 1. The summed E-state index contributed by atoms with van der Waals surface area (Å²) in [5, 5.41) is 7.13. The first kappa shape index (κ1) is 13.4. The molecule has 0 radical (unpaired) electrons. The maximum Gasteiger partial charge on any atom is 0.263 e. The maximum atomic E-state index is 12.5. The Hall–Kier alpha value is -3.22. The van der Waals surface area contributed by atoms with Crippen LogP contribution < -0.4 is 4.74 Å². The number of carbonyl (C=O) groups is 2. The molecule has 1 aromatic carbocycles. The van der Waals surface area contributed by atoms with Gasteiger partial charge in [-0.25, -0.2) is 4.98 Å². The first-order valence-corrected chi connectivity index (χ1v) is 7.12. The van der Waals surface area contributed by atoms with Gasteiger partial charge in [-0.3, -0.25) is 19.6 Å². The van der Waals surface area contributed by atoms with E-state index in [4.69, 9.17) is 4.74 Å². The van der Waals surface area contributed by atoms with Crippen LogP contribution in [0.4, 0.5) is 0 Å². The first-order valence-electron chi connectivity index (χ1n) is 7.12. The fourth-order valence-corrected chi connectivity index (χ4v) is 2.64. The largest absolute Gasteiger partial charge is 0.492 e. The van der Waals surface area contributed by atoms with Crippen LogP contribution in [0, 0.1) is 0 Å². The highest BCUT2D eigenvalue weighted by Crippen LogP contribution is 2.27. The van der Waals surface area contributed by atoms with E-state index < -0.39 is 0 Å². The number of para-hydroxylation sites is 1. The van der Waals surface area contributed by atoms with Gasteiger partial charge in [0.05, 0.1) is 29.3 Å². The summed E-state index contributed by atoms with van der Waals surface area (Å²) in [6.07, 6.45) is 2.92. The monoisotopic (exact) mass is 308 g/mol. The Bertz CT molecular complexity index is 904. The molecular formula is C16H12N4O3. The molecule has 23 heavy (non-hydrogen) atoms. The van der Waals surface area contributed by atoms with Crippen molar-refractivity contribution in [3.63, 3.8) is 0 Å². The summed E-state index contributed by atoms with van der Waals surface area (Å²) in [5.74, 6) is 0.00993. The lowest BCUT2D eigenvalue weighted by atomic mass is 10.1. The summed E-state index contributed by atoms with van der Waals surface area (Å²) >= 11 is 0. The van der Waals surface area contributed by atoms with Crippen LogP contribution in [0.15, 0.2) is 42.7 Å². The molecule has 1 aliphatic rings. The fraction of sp³-hybridized carbons (Fsp3) is 0.125. The van der Waals surface area contributed by atoms with Crippen molar-refractivity contribution in [1.29, 1.82) is 0 Å². The van der Waals surface area contributed by atoms with Crippen LogP contribution in [0.1, 0.15) is 20.7 Å². The average Bonchev–Trinajstić information content (AvgIpc) is 3.14. The van der Waals surface area contributed by atoms with Crippen LogP contribution in [-0.2, 0) is 0 Å². The Labute approximate surface area is 130 Å². The molecule has 0 fully saturated rings. The molecule has 1 aliphatic heterocycles. The lowest BCUT2D eigenvalue weighted by Gasteiger charge is -2.14. The lowest BCUT2D eigenvalue weighted by Crippen LogP contribution is -2.33. The number of benzene rings is 1. The number of rotatable bonds is 4. The third kappa shape index (κ3) is 2.13. The van der Waals surface area contributed by atoms with Crippen molar-refractivity contribution in [1.82, 2.24) is 20.1 Å². The van der Waals surface area contributed by atoms with Gasteiger partial charge in [-0.2, -0.15) is 5.10 Å². The second-order valence-electron chi connectivity index (χ2n) is 5.10. The van der Waals surface area contributed by atoms with E-state index in [1.54, 1.807) is 0 Å². The molecule has 2 aromatic heterocycles. The predicted octanol–water partition coefficient (Wildman–Crippen LogP) is 1.63. The van der Waals surface area contributed by atoms with E-state index in [9.17, 15) is 9.59 Å². The summed E-state index contributed by atoms with van der Waals surface area (Å²) in [5.41, 5.74) is 1.16. The van der Waals surface area contributed by atoms with Crippen molar-refractivity contribution in [2.75, 3.05) is 13.2 Å². The molecule has 0 saturated heterocycles. The van der Waals surface area contributed by atoms with E-state index in [0.29, 0.717) is 27.9 Å². The van der Waals surface area contributed by atoms with E-state index >= 15 is 0 Å². The van der Waals surface area contributed by atoms with Crippen molar-refractivity contribution < 1.29 is 14.3 Å². The summed E-state index contributed by atoms with van der Waals surface area (Å²) in [6.45, 7) is 0.415. The highest BCUT2D eigenvalue weighted by atomic mass is 16.5. The SMILES string of the molecule is O=C1c2cnc3[nH]ncc3c2C(=O)N1CCOc1ccccc1. The molecule has 0 aliphatic carbocycles. The van der Waals surface area contributed by atoms with E-state index in [-0.39, 0.29) is 25.0 Å². The Morgan fingerprint density at radius 1 is 1.09 bits per heavy atom. The number of amides is 2. The van der Waals surface area contributed by atoms with Crippen LogP contribution in [0.3, 0.4) is 0 Å². The van der Waals surface area contributed by atoms with Crippen molar-refractivity contribution in [3.05, 3.63) is 53.9 Å². The number of nitrogens with one attached hydrogen (secondary N) is 1. The second kappa shape index (κ2) is 5.20. The van der Waals surface area contributed by atoms with Gasteiger partial charge in [0.25, 0.3) is 11.8 Å². The molecule has 3 aromatic rings. The molecule has 7 heteroatoms. The highest BCUT2D eigenvalue weighted by molar-refractivity contribution is 6.25. The summed E-state index contributed by atoms with van der Waals surface area (Å²) in [7, 11) is 0. The quantitative estimate of drug-likeness (QED) is 0.740. The predicted molar refractivity (Wildman–Crippen MR) is 81.2 cm³/mol. The Morgan fingerprint density at radius 2 is 1.91 bits per heavy atom. The van der Waals surface area contributed by atoms with Gasteiger partial charge < -0.3 is 4.74 Å². The first-order chi connectivity index (χ1) is 11.3. The summed E-state index contributed by atoms with van der Waals surface area (Å²) in [6, 6.07) is 9.25. The van der Waals surface area contributed by atoms with Crippen molar-refractivity contribution in [2.24, 2.45) is 0 Å². The average molecular weight is 308 g/mol. The van der Waals surface area contributed by atoms with Gasteiger partial charge in [0, 0.05) is 6.20 Å². The third-order valence-electron chi connectivity index (χ3n) is 3.74. The maximum absolute atomic E-state index is 12.5. The number of carbonyl (C=O) groups excluding carboxylic acids is 2. The van der Waals surface area contributed by atoms with Crippen molar-refractivity contribution >= 4 is 22.8 Å². The van der Waals surface area contributed by atoms with Crippen molar-refractivity contribution in [3.8, 4) is 5.75 Å². The molecule has 0 unspecified atom stereocenters. The molecule has 114 valence electrons. The Morgan fingerprint density at radius 3 is 2.74 bits per heavy atom. The van der Waals surface area contributed by atoms with Crippen LogP contribution in [0.5, 0.6) is 5.75 Å². The molecule has 0 bridgehead atoms.